The van der Waals surface area contributed by atoms with Crippen LogP contribution in [0.5, 0.6) is 11.5 Å². The van der Waals surface area contributed by atoms with Crippen LogP contribution in [0, 0.1) is 5.41 Å². The summed E-state index contributed by atoms with van der Waals surface area (Å²) in [4.78, 5) is 11.5. The molecule has 0 heterocycles. The van der Waals surface area contributed by atoms with Crippen LogP contribution in [0.3, 0.4) is 0 Å². The van der Waals surface area contributed by atoms with Gasteiger partial charge in [-0.3, -0.25) is 4.79 Å². The highest BCUT2D eigenvalue weighted by molar-refractivity contribution is 6.48. The normalized spacial score (nSPS) is 14.0. The molecular weight excluding hydrogens is 194 g/mol. The van der Waals surface area contributed by atoms with Gasteiger partial charge in [0.1, 0.15) is 0 Å². The molecule has 1 aromatic carbocycles. The minimum atomic E-state index is -0.217. The molecule has 0 atom stereocenters. The second-order valence-electron chi connectivity index (χ2n) is 3.35. The predicted molar refractivity (Wildman–Crippen MR) is 55.3 cm³/mol. The molecule has 0 radical (unpaired) electrons. The van der Waals surface area contributed by atoms with Crippen molar-refractivity contribution in [1.29, 1.82) is 5.41 Å². The predicted octanol–water partition coefficient (Wildman–Crippen LogP) is 1.46. The molecule has 0 aliphatic heterocycles. The van der Waals surface area contributed by atoms with E-state index in [1.165, 1.54) is 7.11 Å². The Kier molecular flexibility index (Phi) is 2.19. The van der Waals surface area contributed by atoms with Crippen molar-refractivity contribution in [3.8, 4) is 11.5 Å². The summed E-state index contributed by atoms with van der Waals surface area (Å²) in [6.45, 7) is 0. The fourth-order valence-corrected chi connectivity index (χ4v) is 1.71. The Balaban J connectivity index is 2.58. The number of carbonyl (C=O) groups excluding carboxylic acids is 1. The molecule has 0 unspecified atom stereocenters. The van der Waals surface area contributed by atoms with Crippen LogP contribution in [0.15, 0.2) is 12.1 Å². The molecule has 2 rings (SSSR count). The summed E-state index contributed by atoms with van der Waals surface area (Å²) in [6.07, 6.45) is 0.383. The molecule has 1 aliphatic rings. The van der Waals surface area contributed by atoms with Gasteiger partial charge in [0.25, 0.3) is 0 Å². The zero-order valence-corrected chi connectivity index (χ0v) is 8.59. The molecule has 1 aromatic rings. The van der Waals surface area contributed by atoms with Crippen molar-refractivity contribution in [1.82, 2.24) is 0 Å². The molecule has 0 bridgehead atoms. The average Bonchev–Trinajstić information content (AvgIpc) is 2.53. The second-order valence-corrected chi connectivity index (χ2v) is 3.35. The molecule has 1 N–H and O–H groups in total. The molecule has 4 heteroatoms. The first-order valence-electron chi connectivity index (χ1n) is 4.54. The molecular formula is C11H11NO3. The van der Waals surface area contributed by atoms with Gasteiger partial charge in [0.2, 0.25) is 5.78 Å². The van der Waals surface area contributed by atoms with Gasteiger partial charge in [-0.15, -0.1) is 0 Å². The van der Waals surface area contributed by atoms with Crippen molar-refractivity contribution in [3.05, 3.63) is 23.3 Å². The first-order valence-corrected chi connectivity index (χ1v) is 4.54. The van der Waals surface area contributed by atoms with Crippen LogP contribution < -0.4 is 9.47 Å². The van der Waals surface area contributed by atoms with E-state index in [2.05, 4.69) is 0 Å². The van der Waals surface area contributed by atoms with E-state index in [0.29, 0.717) is 23.5 Å². The van der Waals surface area contributed by atoms with Gasteiger partial charge in [-0.1, -0.05) is 0 Å². The minimum absolute atomic E-state index is 0.125. The Bertz CT molecular complexity index is 451. The van der Waals surface area contributed by atoms with Gasteiger partial charge >= 0.3 is 0 Å². The van der Waals surface area contributed by atoms with Gasteiger partial charge in [-0.25, -0.2) is 0 Å². The van der Waals surface area contributed by atoms with Crippen LogP contribution >= 0.6 is 0 Å². The first-order chi connectivity index (χ1) is 7.17. The number of Topliss-reactive ketones (excluding diaryl/α,β-unsaturated/α-hetero) is 1. The molecule has 1 aliphatic carbocycles. The summed E-state index contributed by atoms with van der Waals surface area (Å²) in [6, 6.07) is 3.39. The van der Waals surface area contributed by atoms with E-state index in [-0.39, 0.29) is 11.5 Å². The lowest BCUT2D eigenvalue weighted by atomic mass is 10.1. The largest absolute Gasteiger partial charge is 0.493 e. The van der Waals surface area contributed by atoms with Crippen LogP contribution in [-0.2, 0) is 6.42 Å². The number of hydrogen-bond donors (Lipinski definition) is 1. The smallest absolute Gasteiger partial charge is 0.207 e. The number of ketones is 1. The number of carbonyl (C=O) groups is 1. The summed E-state index contributed by atoms with van der Waals surface area (Å²) >= 11 is 0. The van der Waals surface area contributed by atoms with Crippen LogP contribution in [0.25, 0.3) is 0 Å². The zero-order valence-electron chi connectivity index (χ0n) is 8.59. The fourth-order valence-electron chi connectivity index (χ4n) is 1.71. The Morgan fingerprint density at radius 2 is 1.80 bits per heavy atom. The Labute approximate surface area is 87.3 Å². The molecule has 78 valence electrons. The van der Waals surface area contributed by atoms with Crippen molar-refractivity contribution in [3.63, 3.8) is 0 Å². The lowest BCUT2D eigenvalue weighted by Crippen LogP contribution is -2.04. The standard InChI is InChI=1S/C11H11NO3/c1-14-9-4-6-3-8(12)11(13)7(6)5-10(9)15-2/h4-5,12H,3H2,1-2H3. The SMILES string of the molecule is COc1cc2c(cc1OC)C(=O)C(=N)C2. The third-order valence-corrected chi connectivity index (χ3v) is 2.50. The maximum atomic E-state index is 11.5. The van der Waals surface area contributed by atoms with E-state index in [1.807, 2.05) is 0 Å². The van der Waals surface area contributed by atoms with Gasteiger partial charge in [-0.2, -0.15) is 0 Å². The number of ether oxygens (including phenoxy) is 2. The van der Waals surface area contributed by atoms with E-state index in [9.17, 15) is 4.79 Å². The van der Waals surface area contributed by atoms with Crippen LogP contribution in [-0.4, -0.2) is 25.7 Å². The molecule has 0 saturated carbocycles. The van der Waals surface area contributed by atoms with Crippen molar-refractivity contribution in [2.24, 2.45) is 0 Å². The third kappa shape index (κ3) is 1.38. The fraction of sp³-hybridized carbons (Fsp3) is 0.273. The molecule has 0 saturated heterocycles. The number of nitrogens with one attached hydrogen (secondary N) is 1. The van der Waals surface area contributed by atoms with Crippen molar-refractivity contribution >= 4 is 11.5 Å². The Morgan fingerprint density at radius 1 is 1.20 bits per heavy atom. The molecule has 4 nitrogen and oxygen atoms in total. The van der Waals surface area contributed by atoms with Crippen LogP contribution in [0.2, 0.25) is 0 Å². The monoisotopic (exact) mass is 205 g/mol. The van der Waals surface area contributed by atoms with E-state index >= 15 is 0 Å². The van der Waals surface area contributed by atoms with Gasteiger partial charge in [0.15, 0.2) is 11.5 Å². The van der Waals surface area contributed by atoms with Crippen molar-refractivity contribution < 1.29 is 14.3 Å². The molecule has 0 fully saturated rings. The highest BCUT2D eigenvalue weighted by Crippen LogP contribution is 2.33. The second kappa shape index (κ2) is 3.38. The Hall–Kier alpha value is -1.84. The van der Waals surface area contributed by atoms with E-state index in [4.69, 9.17) is 14.9 Å². The van der Waals surface area contributed by atoms with Gasteiger partial charge in [0.05, 0.1) is 19.9 Å². The summed E-state index contributed by atoms with van der Waals surface area (Å²) in [5.41, 5.74) is 1.51. The quantitative estimate of drug-likeness (QED) is 0.795. The van der Waals surface area contributed by atoms with E-state index in [1.54, 1.807) is 19.2 Å². The number of methoxy groups -OCH3 is 2. The minimum Gasteiger partial charge on any atom is -0.493 e. The number of hydrogen-bond acceptors (Lipinski definition) is 4. The molecule has 0 spiro atoms. The molecule has 0 aromatic heterocycles. The van der Waals surface area contributed by atoms with Crippen molar-refractivity contribution in [2.75, 3.05) is 14.2 Å². The first kappa shape index (κ1) is 9.71. The zero-order chi connectivity index (χ0) is 11.0. The van der Waals surface area contributed by atoms with Crippen LogP contribution in [0.4, 0.5) is 0 Å². The molecule has 0 amide bonds. The topological polar surface area (TPSA) is 59.4 Å². The third-order valence-electron chi connectivity index (χ3n) is 2.50. The number of fused-ring (bicyclic) bond motifs is 1. The van der Waals surface area contributed by atoms with Crippen LogP contribution in [0.1, 0.15) is 15.9 Å². The average molecular weight is 205 g/mol. The number of benzene rings is 1. The summed E-state index contributed by atoms with van der Waals surface area (Å²) in [5.74, 6) is 0.906. The maximum absolute atomic E-state index is 11.5. The molecule has 15 heavy (non-hydrogen) atoms. The van der Waals surface area contributed by atoms with E-state index in [0.717, 1.165) is 5.56 Å². The summed E-state index contributed by atoms with van der Waals surface area (Å²) in [7, 11) is 3.07. The van der Waals surface area contributed by atoms with Gasteiger partial charge in [0, 0.05) is 12.0 Å². The lowest BCUT2D eigenvalue weighted by molar-refractivity contribution is 0.106. The van der Waals surface area contributed by atoms with E-state index < -0.39 is 0 Å². The maximum Gasteiger partial charge on any atom is 0.207 e. The Morgan fingerprint density at radius 3 is 2.40 bits per heavy atom. The highest BCUT2D eigenvalue weighted by Gasteiger charge is 2.27. The highest BCUT2D eigenvalue weighted by atomic mass is 16.5. The number of rotatable bonds is 2. The van der Waals surface area contributed by atoms with Gasteiger partial charge in [-0.05, 0) is 17.7 Å². The summed E-state index contributed by atoms with van der Waals surface area (Å²) < 4.78 is 10.2. The lowest BCUT2D eigenvalue weighted by Gasteiger charge is -2.08. The van der Waals surface area contributed by atoms with Crippen molar-refractivity contribution in [2.45, 2.75) is 6.42 Å². The summed E-state index contributed by atoms with van der Waals surface area (Å²) in [5, 5.41) is 7.46. The van der Waals surface area contributed by atoms with Gasteiger partial charge < -0.3 is 14.9 Å².